The molecule has 0 saturated carbocycles. The predicted octanol–water partition coefficient (Wildman–Crippen LogP) is 4.17. The molecule has 1 aliphatic heterocycles. The average molecular weight is 410 g/mol. The van der Waals surface area contributed by atoms with Crippen molar-refractivity contribution in [2.45, 2.75) is 32.2 Å². The third-order valence-electron chi connectivity index (χ3n) is 6.01. The van der Waals surface area contributed by atoms with E-state index in [1.54, 1.807) is 11.3 Å². The quantitative estimate of drug-likeness (QED) is 0.688. The van der Waals surface area contributed by atoms with Crippen LogP contribution in [0.3, 0.4) is 0 Å². The summed E-state index contributed by atoms with van der Waals surface area (Å²) >= 11 is 1.66. The Bertz CT molecular complexity index is 993. The number of fused-ring (bicyclic) bond motifs is 2. The number of nitrogens with zero attached hydrogens (tertiary/aromatic N) is 2. The van der Waals surface area contributed by atoms with E-state index in [-0.39, 0.29) is 5.91 Å². The zero-order valence-corrected chi connectivity index (χ0v) is 17.5. The molecular weight excluding hydrogens is 382 g/mol. The zero-order valence-electron chi connectivity index (χ0n) is 16.7. The number of amides is 1. The molecule has 1 fully saturated rings. The van der Waals surface area contributed by atoms with Crippen molar-refractivity contribution in [1.29, 1.82) is 0 Å². The topological polar surface area (TPSA) is 46.5 Å². The molecule has 6 heteroatoms. The Morgan fingerprint density at radius 1 is 1.07 bits per heavy atom. The molecule has 1 amide bonds. The normalized spacial score (nSPS) is 17.4. The van der Waals surface area contributed by atoms with Crippen molar-refractivity contribution in [3.05, 3.63) is 51.8 Å². The molecule has 1 aromatic carbocycles. The summed E-state index contributed by atoms with van der Waals surface area (Å²) in [6.07, 6.45) is 6.86. The number of aryl methyl sites for hydroxylation is 2. The Morgan fingerprint density at radius 2 is 1.93 bits per heavy atom. The number of carbonyl (C=O) groups excluding carboxylic acids is 1. The highest BCUT2D eigenvalue weighted by atomic mass is 32.1. The van der Waals surface area contributed by atoms with E-state index in [2.05, 4.69) is 45.2 Å². The molecule has 1 saturated heterocycles. The van der Waals surface area contributed by atoms with Crippen molar-refractivity contribution in [2.24, 2.45) is 0 Å². The maximum atomic E-state index is 12.7. The fraction of sp³-hybridized carbons (Fsp3) is 0.435. The number of hydrogen-bond donors (Lipinski definition) is 1. The Hall–Kier alpha value is -2.15. The molecule has 5 nitrogen and oxygen atoms in total. The number of benzene rings is 1. The van der Waals surface area contributed by atoms with Crippen molar-refractivity contribution in [3.8, 4) is 0 Å². The number of thiophene rings is 1. The summed E-state index contributed by atoms with van der Waals surface area (Å²) in [5, 5.41) is 4.25. The van der Waals surface area contributed by atoms with Crippen molar-refractivity contribution in [3.63, 3.8) is 0 Å². The number of carbonyl (C=O) groups is 1. The van der Waals surface area contributed by atoms with Crippen LogP contribution in [-0.4, -0.2) is 48.2 Å². The lowest BCUT2D eigenvalue weighted by atomic mass is 9.99. The van der Waals surface area contributed by atoms with Crippen molar-refractivity contribution in [1.82, 2.24) is 9.47 Å². The van der Waals surface area contributed by atoms with Crippen LogP contribution < -0.4 is 5.32 Å². The minimum absolute atomic E-state index is 0.00972. The van der Waals surface area contributed by atoms with Gasteiger partial charge in [-0.1, -0.05) is 0 Å². The summed E-state index contributed by atoms with van der Waals surface area (Å²) in [6, 6.07) is 10.4. The number of ether oxygens (including phenoxy) is 1. The van der Waals surface area contributed by atoms with Gasteiger partial charge in [0.15, 0.2) is 0 Å². The van der Waals surface area contributed by atoms with Gasteiger partial charge in [-0.25, -0.2) is 0 Å². The molecule has 2 aromatic heterocycles. The monoisotopic (exact) mass is 409 g/mol. The second kappa shape index (κ2) is 8.30. The second-order valence-electron chi connectivity index (χ2n) is 7.96. The van der Waals surface area contributed by atoms with Crippen LogP contribution in [0, 0.1) is 0 Å². The summed E-state index contributed by atoms with van der Waals surface area (Å²) in [4.78, 5) is 17.4. The number of hydrogen-bond acceptors (Lipinski definition) is 4. The van der Waals surface area contributed by atoms with E-state index in [0.717, 1.165) is 68.2 Å². The zero-order chi connectivity index (χ0) is 19.6. The summed E-state index contributed by atoms with van der Waals surface area (Å²) in [5.41, 5.74) is 3.45. The maximum Gasteiger partial charge on any atom is 0.265 e. The van der Waals surface area contributed by atoms with Crippen molar-refractivity contribution >= 4 is 33.8 Å². The first kappa shape index (κ1) is 18.9. The van der Waals surface area contributed by atoms with Gasteiger partial charge in [-0.2, -0.15) is 0 Å². The second-order valence-corrected chi connectivity index (χ2v) is 9.09. The predicted molar refractivity (Wildman–Crippen MR) is 118 cm³/mol. The molecule has 152 valence electrons. The molecule has 1 N–H and O–H groups in total. The van der Waals surface area contributed by atoms with E-state index in [1.165, 1.54) is 28.8 Å². The van der Waals surface area contributed by atoms with Gasteiger partial charge in [-0.15, -0.1) is 11.3 Å². The van der Waals surface area contributed by atoms with E-state index in [4.69, 9.17) is 4.74 Å². The molecule has 29 heavy (non-hydrogen) atoms. The molecule has 3 heterocycles. The van der Waals surface area contributed by atoms with E-state index < -0.39 is 0 Å². The van der Waals surface area contributed by atoms with Crippen LogP contribution in [-0.2, 0) is 24.1 Å². The minimum Gasteiger partial charge on any atom is -0.379 e. The first-order valence-corrected chi connectivity index (χ1v) is 11.4. The lowest BCUT2D eigenvalue weighted by Crippen LogP contribution is -2.38. The SMILES string of the molecule is O=C(Nc1ccc2c(ccn2CCN2CCOCC2)c1)c1cc2c(s1)CCCC2. The summed E-state index contributed by atoms with van der Waals surface area (Å²) in [7, 11) is 0. The van der Waals surface area contributed by atoms with Crippen molar-refractivity contribution in [2.75, 3.05) is 38.2 Å². The van der Waals surface area contributed by atoms with Gasteiger partial charge in [-0.05, 0) is 61.6 Å². The minimum atomic E-state index is 0.00972. The Morgan fingerprint density at radius 3 is 2.79 bits per heavy atom. The molecule has 0 spiro atoms. The van der Waals surface area contributed by atoms with Crippen LogP contribution in [0.2, 0.25) is 0 Å². The molecule has 3 aromatic rings. The van der Waals surface area contributed by atoms with Gasteiger partial charge in [0.1, 0.15) is 0 Å². The Labute approximate surface area is 175 Å². The van der Waals surface area contributed by atoms with E-state index in [1.807, 2.05) is 6.07 Å². The van der Waals surface area contributed by atoms with Gasteiger partial charge in [0.25, 0.3) is 5.91 Å². The molecule has 2 aliphatic rings. The summed E-state index contributed by atoms with van der Waals surface area (Å²) < 4.78 is 7.72. The fourth-order valence-electron chi connectivity index (χ4n) is 4.34. The van der Waals surface area contributed by atoms with Gasteiger partial charge in [-0.3, -0.25) is 9.69 Å². The molecule has 0 bridgehead atoms. The van der Waals surface area contributed by atoms with Crippen LogP contribution in [0.25, 0.3) is 10.9 Å². The number of morpholine rings is 1. The third kappa shape index (κ3) is 4.10. The molecule has 5 rings (SSSR count). The first-order valence-electron chi connectivity index (χ1n) is 10.6. The molecule has 0 unspecified atom stereocenters. The van der Waals surface area contributed by atoms with Gasteiger partial charge in [0, 0.05) is 53.8 Å². The molecule has 0 radical (unpaired) electrons. The Kier molecular flexibility index (Phi) is 5.40. The van der Waals surface area contributed by atoms with Gasteiger partial charge < -0.3 is 14.6 Å². The van der Waals surface area contributed by atoms with E-state index in [0.29, 0.717) is 0 Å². The average Bonchev–Trinajstić information content (AvgIpc) is 3.37. The maximum absolute atomic E-state index is 12.7. The highest BCUT2D eigenvalue weighted by Gasteiger charge is 2.17. The number of anilines is 1. The largest absolute Gasteiger partial charge is 0.379 e. The third-order valence-corrected chi connectivity index (χ3v) is 7.25. The lowest BCUT2D eigenvalue weighted by molar-refractivity contribution is 0.0365. The number of rotatable bonds is 5. The van der Waals surface area contributed by atoms with Crippen LogP contribution in [0.5, 0.6) is 0 Å². The Balaban J connectivity index is 1.26. The highest BCUT2D eigenvalue weighted by Crippen LogP contribution is 2.30. The molecule has 0 atom stereocenters. The number of nitrogens with one attached hydrogen (secondary N) is 1. The van der Waals surface area contributed by atoms with Gasteiger partial charge in [0.2, 0.25) is 0 Å². The molecule has 1 aliphatic carbocycles. The molecular formula is C23H27N3O2S. The van der Waals surface area contributed by atoms with Gasteiger partial charge in [0.05, 0.1) is 18.1 Å². The smallest absolute Gasteiger partial charge is 0.265 e. The highest BCUT2D eigenvalue weighted by molar-refractivity contribution is 7.14. The van der Waals surface area contributed by atoms with Crippen LogP contribution in [0.1, 0.15) is 33.0 Å². The van der Waals surface area contributed by atoms with Gasteiger partial charge >= 0.3 is 0 Å². The summed E-state index contributed by atoms with van der Waals surface area (Å²) in [5.74, 6) is 0.00972. The van der Waals surface area contributed by atoms with E-state index >= 15 is 0 Å². The van der Waals surface area contributed by atoms with Crippen LogP contribution in [0.15, 0.2) is 36.5 Å². The first-order chi connectivity index (χ1) is 14.3. The van der Waals surface area contributed by atoms with Crippen molar-refractivity contribution < 1.29 is 9.53 Å². The van der Waals surface area contributed by atoms with Crippen LogP contribution >= 0.6 is 11.3 Å². The van der Waals surface area contributed by atoms with Crippen LogP contribution in [0.4, 0.5) is 5.69 Å². The van der Waals surface area contributed by atoms with E-state index in [9.17, 15) is 4.79 Å². The fourth-order valence-corrected chi connectivity index (χ4v) is 5.49. The lowest BCUT2D eigenvalue weighted by Gasteiger charge is -2.26. The summed E-state index contributed by atoms with van der Waals surface area (Å²) in [6.45, 7) is 5.71. The number of aromatic nitrogens is 1. The standard InChI is InChI=1S/C23H27N3O2S/c27-23(22-16-18-3-1-2-4-21(18)29-22)24-19-5-6-20-17(15-19)7-8-26(20)10-9-25-11-13-28-14-12-25/h5-8,15-16H,1-4,9-14H2,(H,24,27).